The molecule has 0 saturated heterocycles. The normalized spacial score (nSPS) is 22.9. The van der Waals surface area contributed by atoms with Crippen LogP contribution in [0.15, 0.2) is 24.3 Å². The first-order valence-corrected chi connectivity index (χ1v) is 9.76. The van der Waals surface area contributed by atoms with Crippen molar-refractivity contribution in [1.82, 2.24) is 0 Å². The highest BCUT2D eigenvalue weighted by Gasteiger charge is 2.41. The predicted molar refractivity (Wildman–Crippen MR) is 101 cm³/mol. The molecule has 0 unspecified atom stereocenters. The van der Waals surface area contributed by atoms with Gasteiger partial charge in [-0.15, -0.1) is 0 Å². The molecule has 0 aromatic carbocycles. The Morgan fingerprint density at radius 3 is 2.73 bits per heavy atom. The van der Waals surface area contributed by atoms with Crippen molar-refractivity contribution in [3.8, 4) is 0 Å². The van der Waals surface area contributed by atoms with Crippen LogP contribution in [-0.4, -0.2) is 34.2 Å². The number of aliphatic carboxylic acids is 1. The molecule has 5 heteroatoms. The second-order valence-electron chi connectivity index (χ2n) is 7.33. The quantitative estimate of drug-likeness (QED) is 0.367. The van der Waals surface area contributed by atoms with E-state index in [4.69, 9.17) is 5.11 Å². The fourth-order valence-electron chi connectivity index (χ4n) is 3.63. The van der Waals surface area contributed by atoms with E-state index in [-0.39, 0.29) is 25.0 Å². The van der Waals surface area contributed by atoms with Crippen molar-refractivity contribution < 1.29 is 24.2 Å². The number of allylic oxidation sites excluding steroid dienone is 3. The Balaban J connectivity index is 2.52. The maximum absolute atomic E-state index is 14.8. The third kappa shape index (κ3) is 7.81. The maximum Gasteiger partial charge on any atom is 0.303 e. The number of carboxylic acids is 1. The number of Topliss-reactive ketones (excluding diaryl/α,β-unsaturated/α-hetero) is 1. The van der Waals surface area contributed by atoms with Crippen LogP contribution in [-0.2, 0) is 9.59 Å². The summed E-state index contributed by atoms with van der Waals surface area (Å²) in [5.74, 6) is -1.75. The lowest BCUT2D eigenvalue weighted by atomic mass is 9.84. The first kappa shape index (κ1) is 22.6. The molecule has 2 N–H and O–H groups in total. The number of aliphatic hydroxyl groups excluding tert-OH is 1. The van der Waals surface area contributed by atoms with Gasteiger partial charge in [0.15, 0.2) is 0 Å². The third-order valence-corrected chi connectivity index (χ3v) is 5.07. The van der Waals surface area contributed by atoms with Crippen LogP contribution in [0.2, 0.25) is 0 Å². The van der Waals surface area contributed by atoms with Gasteiger partial charge in [0.25, 0.3) is 0 Å². The Labute approximate surface area is 156 Å². The van der Waals surface area contributed by atoms with Gasteiger partial charge in [0.2, 0.25) is 0 Å². The van der Waals surface area contributed by atoms with Gasteiger partial charge in [0.1, 0.15) is 12.0 Å². The summed E-state index contributed by atoms with van der Waals surface area (Å²) in [7, 11) is 0. The number of ketones is 1. The van der Waals surface area contributed by atoms with E-state index >= 15 is 0 Å². The SMILES string of the molecule is C=C1CC(=O)[C@H](C/C=C\CCCC(=O)O)[C@H]1[C@@H](F)C[C@@H](O)CCCCC. The minimum Gasteiger partial charge on any atom is -0.481 e. The number of carbonyl (C=O) groups is 2. The van der Waals surface area contributed by atoms with Crippen LogP contribution < -0.4 is 0 Å². The number of halogens is 1. The Morgan fingerprint density at radius 2 is 2.08 bits per heavy atom. The molecule has 4 nitrogen and oxygen atoms in total. The summed E-state index contributed by atoms with van der Waals surface area (Å²) in [6.07, 6.45) is 7.37. The minimum absolute atomic E-state index is 0.0123. The van der Waals surface area contributed by atoms with Gasteiger partial charge in [-0.25, -0.2) is 4.39 Å². The fourth-order valence-corrected chi connectivity index (χ4v) is 3.63. The standard InChI is InChI=1S/C21H33FO4/c1-3-4-7-10-16(23)14-18(22)21-15(2)13-19(24)17(21)11-8-5-6-9-12-20(25)26/h5,8,16-18,21,23H,2-4,6-7,9-14H2,1H3,(H,25,26)/b8-5-/t16-,17-,18-,21-/m0/s1. The van der Waals surface area contributed by atoms with E-state index < -0.39 is 30.1 Å². The number of carboxylic acid groups (broad SMARTS) is 1. The summed E-state index contributed by atoms with van der Waals surface area (Å²) in [4.78, 5) is 22.7. The minimum atomic E-state index is -1.25. The molecular formula is C21H33FO4. The lowest BCUT2D eigenvalue weighted by Crippen LogP contribution is -2.27. The van der Waals surface area contributed by atoms with Crippen LogP contribution in [0.4, 0.5) is 4.39 Å². The average Bonchev–Trinajstić information content (AvgIpc) is 2.84. The summed E-state index contributed by atoms with van der Waals surface area (Å²) in [5.41, 5.74) is 0.632. The number of hydrogen-bond acceptors (Lipinski definition) is 3. The van der Waals surface area contributed by atoms with Crippen molar-refractivity contribution in [2.75, 3.05) is 0 Å². The molecule has 0 radical (unpaired) electrons. The van der Waals surface area contributed by atoms with Crippen molar-refractivity contribution in [2.45, 2.75) is 83.4 Å². The number of unbranched alkanes of at least 4 members (excludes halogenated alkanes) is 3. The van der Waals surface area contributed by atoms with Gasteiger partial charge in [0.05, 0.1) is 6.10 Å². The molecular weight excluding hydrogens is 335 g/mol. The second-order valence-corrected chi connectivity index (χ2v) is 7.33. The van der Waals surface area contributed by atoms with Gasteiger partial charge in [-0.1, -0.05) is 50.5 Å². The largest absolute Gasteiger partial charge is 0.481 e. The van der Waals surface area contributed by atoms with Crippen LogP contribution in [0.3, 0.4) is 0 Å². The average molecular weight is 368 g/mol. The van der Waals surface area contributed by atoms with E-state index in [0.29, 0.717) is 31.3 Å². The number of hydrogen-bond donors (Lipinski definition) is 2. The van der Waals surface area contributed by atoms with Gasteiger partial charge in [-0.2, -0.15) is 0 Å². The number of rotatable bonds is 13. The highest BCUT2D eigenvalue weighted by Crippen LogP contribution is 2.40. The zero-order valence-corrected chi connectivity index (χ0v) is 15.8. The van der Waals surface area contributed by atoms with E-state index in [9.17, 15) is 19.1 Å². The molecule has 1 aliphatic carbocycles. The summed E-state index contributed by atoms with van der Waals surface area (Å²) < 4.78 is 14.8. The van der Waals surface area contributed by atoms with Gasteiger partial charge in [-0.3, -0.25) is 9.59 Å². The second kappa shape index (κ2) is 12.0. The van der Waals surface area contributed by atoms with Crippen LogP contribution in [0.5, 0.6) is 0 Å². The Hall–Kier alpha value is -1.49. The van der Waals surface area contributed by atoms with Crippen LogP contribution in [0, 0.1) is 11.8 Å². The molecule has 1 aliphatic rings. The molecule has 0 aliphatic heterocycles. The highest BCUT2D eigenvalue weighted by atomic mass is 19.1. The van der Waals surface area contributed by atoms with Crippen LogP contribution in [0.25, 0.3) is 0 Å². The topological polar surface area (TPSA) is 74.6 Å². The third-order valence-electron chi connectivity index (χ3n) is 5.07. The van der Waals surface area contributed by atoms with Gasteiger partial charge in [0, 0.05) is 31.1 Å². The summed E-state index contributed by atoms with van der Waals surface area (Å²) in [6.45, 7) is 5.97. The summed E-state index contributed by atoms with van der Waals surface area (Å²) in [5, 5.41) is 18.6. The first-order valence-electron chi connectivity index (χ1n) is 9.76. The molecule has 1 saturated carbocycles. The smallest absolute Gasteiger partial charge is 0.303 e. The van der Waals surface area contributed by atoms with Crippen molar-refractivity contribution >= 4 is 11.8 Å². The monoisotopic (exact) mass is 368 g/mol. The molecule has 0 spiro atoms. The van der Waals surface area contributed by atoms with Crippen molar-refractivity contribution in [3.05, 3.63) is 24.3 Å². The van der Waals surface area contributed by atoms with E-state index in [0.717, 1.165) is 19.3 Å². The maximum atomic E-state index is 14.8. The zero-order valence-electron chi connectivity index (χ0n) is 15.8. The lowest BCUT2D eigenvalue weighted by Gasteiger charge is -2.24. The molecule has 0 amide bonds. The summed E-state index contributed by atoms with van der Waals surface area (Å²) >= 11 is 0. The molecule has 0 heterocycles. The zero-order chi connectivity index (χ0) is 19.5. The lowest BCUT2D eigenvalue weighted by molar-refractivity contribution is -0.137. The van der Waals surface area contributed by atoms with E-state index in [1.807, 2.05) is 12.2 Å². The molecule has 4 atom stereocenters. The van der Waals surface area contributed by atoms with E-state index in [1.54, 1.807) is 0 Å². The number of carbonyl (C=O) groups excluding carboxylic acids is 1. The van der Waals surface area contributed by atoms with Gasteiger partial charge in [-0.05, 0) is 25.7 Å². The van der Waals surface area contributed by atoms with Gasteiger partial charge < -0.3 is 10.2 Å². The van der Waals surface area contributed by atoms with Crippen LogP contribution >= 0.6 is 0 Å². The number of alkyl halides is 1. The molecule has 0 aromatic rings. The Kier molecular flexibility index (Phi) is 10.4. The molecule has 1 fully saturated rings. The molecule has 148 valence electrons. The molecule has 1 rings (SSSR count). The van der Waals surface area contributed by atoms with Gasteiger partial charge >= 0.3 is 5.97 Å². The van der Waals surface area contributed by atoms with Crippen molar-refractivity contribution in [3.63, 3.8) is 0 Å². The fraction of sp³-hybridized carbons (Fsp3) is 0.714. The van der Waals surface area contributed by atoms with Crippen molar-refractivity contribution in [2.24, 2.45) is 11.8 Å². The van der Waals surface area contributed by atoms with Crippen molar-refractivity contribution in [1.29, 1.82) is 0 Å². The van der Waals surface area contributed by atoms with Crippen LogP contribution in [0.1, 0.15) is 71.1 Å². The predicted octanol–water partition coefficient (Wildman–Crippen LogP) is 4.62. The Bertz CT molecular complexity index is 500. The summed E-state index contributed by atoms with van der Waals surface area (Å²) in [6, 6.07) is 0. The molecule has 0 bridgehead atoms. The first-order chi connectivity index (χ1) is 12.4. The molecule has 26 heavy (non-hydrogen) atoms. The Morgan fingerprint density at radius 1 is 1.35 bits per heavy atom. The van der Waals surface area contributed by atoms with E-state index in [1.165, 1.54) is 0 Å². The van der Waals surface area contributed by atoms with E-state index in [2.05, 4.69) is 13.5 Å². The molecule has 0 aromatic heterocycles. The highest BCUT2D eigenvalue weighted by molar-refractivity contribution is 5.87. The number of aliphatic hydroxyl groups is 1.